The molecule has 0 heterocycles. The minimum Gasteiger partial charge on any atom is -0.462 e. The van der Waals surface area contributed by atoms with Crippen LogP contribution in [0.4, 0.5) is 14.5 Å². The van der Waals surface area contributed by atoms with Crippen molar-refractivity contribution >= 4 is 29.3 Å². The minimum absolute atomic E-state index is 0.0933. The van der Waals surface area contributed by atoms with E-state index in [9.17, 15) is 18.4 Å². The summed E-state index contributed by atoms with van der Waals surface area (Å²) in [5, 5.41) is 1.78. The molecule has 1 N–H and O–H groups in total. The van der Waals surface area contributed by atoms with Crippen molar-refractivity contribution in [3.05, 3.63) is 23.8 Å². The number of ether oxygens (including phenoxy) is 1. The average molecular weight is 359 g/mol. The molecule has 0 radical (unpaired) electrons. The van der Waals surface area contributed by atoms with Crippen LogP contribution in [0.25, 0.3) is 0 Å². The summed E-state index contributed by atoms with van der Waals surface area (Å²) < 4.78 is 33.1. The molecule has 7 heteroatoms. The predicted molar refractivity (Wildman–Crippen MR) is 91.1 cm³/mol. The summed E-state index contributed by atoms with van der Waals surface area (Å²) in [7, 11) is 0. The maximum absolute atomic E-state index is 14.0. The standard InChI is InChI=1S/C17H23F2NO3S/c1-5-10(4)23-17(22)14(6-2)24-15-9-13(20-16(21)7-3)11(18)8-12(15)19/h8-10,14H,5-7H2,1-4H3,(H,20,21). The first-order chi connectivity index (χ1) is 11.3. The Morgan fingerprint density at radius 1 is 1.17 bits per heavy atom. The third-order valence-corrected chi connectivity index (χ3v) is 4.79. The van der Waals surface area contributed by atoms with Gasteiger partial charge in [-0.3, -0.25) is 9.59 Å². The molecule has 134 valence electrons. The number of nitrogens with one attached hydrogen (secondary N) is 1. The summed E-state index contributed by atoms with van der Waals surface area (Å²) >= 11 is 0.966. The first kappa shape index (κ1) is 20.4. The van der Waals surface area contributed by atoms with Crippen LogP contribution in [0.5, 0.6) is 0 Å². The molecular formula is C17H23F2NO3S. The summed E-state index contributed by atoms with van der Waals surface area (Å²) in [5.41, 5.74) is -0.101. The third-order valence-electron chi connectivity index (χ3n) is 3.41. The van der Waals surface area contributed by atoms with Crippen LogP contribution in [0.15, 0.2) is 17.0 Å². The van der Waals surface area contributed by atoms with Crippen LogP contribution >= 0.6 is 11.8 Å². The molecule has 0 saturated heterocycles. The molecule has 0 fully saturated rings. The minimum atomic E-state index is -0.853. The first-order valence-corrected chi connectivity index (χ1v) is 8.86. The van der Waals surface area contributed by atoms with Crippen molar-refractivity contribution in [2.75, 3.05) is 5.32 Å². The van der Waals surface area contributed by atoms with Gasteiger partial charge in [0.25, 0.3) is 0 Å². The van der Waals surface area contributed by atoms with E-state index >= 15 is 0 Å². The second-order valence-electron chi connectivity index (χ2n) is 5.33. The van der Waals surface area contributed by atoms with E-state index in [1.165, 1.54) is 6.07 Å². The molecule has 0 bridgehead atoms. The second-order valence-corrected chi connectivity index (χ2v) is 6.58. The molecule has 0 spiro atoms. The van der Waals surface area contributed by atoms with E-state index in [-0.39, 0.29) is 29.0 Å². The Labute approximate surface area is 145 Å². The molecule has 2 atom stereocenters. The molecule has 0 aliphatic rings. The molecule has 0 aliphatic heterocycles. The number of hydrogen-bond acceptors (Lipinski definition) is 4. The summed E-state index contributed by atoms with van der Waals surface area (Å²) in [4.78, 5) is 23.6. The van der Waals surface area contributed by atoms with Crippen LogP contribution in [0.2, 0.25) is 0 Å². The second kappa shape index (κ2) is 9.61. The highest BCUT2D eigenvalue weighted by molar-refractivity contribution is 8.00. The van der Waals surface area contributed by atoms with Gasteiger partial charge in [-0.25, -0.2) is 8.78 Å². The SMILES string of the molecule is CCC(=O)Nc1cc(SC(CC)C(=O)OC(C)CC)c(F)cc1F. The van der Waals surface area contributed by atoms with Crippen LogP contribution < -0.4 is 5.32 Å². The van der Waals surface area contributed by atoms with Crippen LogP contribution in [0.1, 0.15) is 47.0 Å². The van der Waals surface area contributed by atoms with Gasteiger partial charge in [-0.2, -0.15) is 0 Å². The zero-order valence-corrected chi connectivity index (χ0v) is 15.1. The molecule has 24 heavy (non-hydrogen) atoms. The number of carbonyl (C=O) groups is 2. The van der Waals surface area contributed by atoms with Gasteiger partial charge >= 0.3 is 5.97 Å². The average Bonchev–Trinajstić information content (AvgIpc) is 2.55. The van der Waals surface area contributed by atoms with Gasteiger partial charge in [0.2, 0.25) is 5.91 Å². The predicted octanol–water partition coefficient (Wildman–Crippen LogP) is 4.53. The number of amides is 1. The lowest BCUT2D eigenvalue weighted by Crippen LogP contribution is -2.24. The lowest BCUT2D eigenvalue weighted by molar-refractivity contribution is -0.147. The van der Waals surface area contributed by atoms with Crippen LogP contribution in [-0.2, 0) is 14.3 Å². The molecule has 0 aliphatic carbocycles. The van der Waals surface area contributed by atoms with Gasteiger partial charge in [-0.15, -0.1) is 11.8 Å². The highest BCUT2D eigenvalue weighted by Crippen LogP contribution is 2.32. The maximum atomic E-state index is 14.0. The molecule has 1 amide bonds. The number of benzene rings is 1. The Morgan fingerprint density at radius 2 is 1.83 bits per heavy atom. The van der Waals surface area contributed by atoms with E-state index in [1.54, 1.807) is 20.8 Å². The molecule has 4 nitrogen and oxygen atoms in total. The normalized spacial score (nSPS) is 13.2. The lowest BCUT2D eigenvalue weighted by atomic mass is 10.3. The fraction of sp³-hybridized carbons (Fsp3) is 0.529. The zero-order chi connectivity index (χ0) is 18.3. The van der Waals surface area contributed by atoms with Gasteiger partial charge < -0.3 is 10.1 Å². The molecule has 0 saturated carbocycles. The summed E-state index contributed by atoms with van der Waals surface area (Å²) in [6.07, 6.45) is 1.08. The number of anilines is 1. The van der Waals surface area contributed by atoms with Gasteiger partial charge in [0.15, 0.2) is 0 Å². The van der Waals surface area contributed by atoms with Gasteiger partial charge in [-0.05, 0) is 25.8 Å². The first-order valence-electron chi connectivity index (χ1n) is 7.98. The largest absolute Gasteiger partial charge is 0.462 e. The quantitative estimate of drug-likeness (QED) is 0.547. The Hall–Kier alpha value is -1.63. The number of esters is 1. The van der Waals surface area contributed by atoms with Crippen LogP contribution in [0.3, 0.4) is 0 Å². The number of halogens is 2. The molecule has 1 aromatic rings. The Kier molecular flexibility index (Phi) is 8.18. The smallest absolute Gasteiger partial charge is 0.319 e. The van der Waals surface area contributed by atoms with Crippen LogP contribution in [-0.4, -0.2) is 23.2 Å². The summed E-state index contributed by atoms with van der Waals surface area (Å²) in [6, 6.07) is 1.92. The number of hydrogen-bond donors (Lipinski definition) is 1. The lowest BCUT2D eigenvalue weighted by Gasteiger charge is -2.18. The topological polar surface area (TPSA) is 55.4 Å². The number of carbonyl (C=O) groups excluding carboxylic acids is 2. The van der Waals surface area contributed by atoms with Crippen molar-refractivity contribution in [1.82, 2.24) is 0 Å². The fourth-order valence-corrected chi connectivity index (χ4v) is 2.75. The van der Waals surface area contributed by atoms with Crippen LogP contribution in [0, 0.1) is 11.6 Å². The van der Waals surface area contributed by atoms with E-state index in [0.717, 1.165) is 11.8 Å². The number of thioether (sulfide) groups is 1. The highest BCUT2D eigenvalue weighted by atomic mass is 32.2. The summed E-state index contributed by atoms with van der Waals surface area (Å²) in [6.45, 7) is 7.10. The van der Waals surface area contributed by atoms with Crippen molar-refractivity contribution in [2.24, 2.45) is 0 Å². The van der Waals surface area contributed by atoms with Gasteiger partial charge in [0, 0.05) is 17.4 Å². The molecular weight excluding hydrogens is 336 g/mol. The zero-order valence-electron chi connectivity index (χ0n) is 14.3. The van der Waals surface area contributed by atoms with E-state index < -0.39 is 22.9 Å². The molecule has 1 aromatic carbocycles. The highest BCUT2D eigenvalue weighted by Gasteiger charge is 2.23. The number of rotatable bonds is 8. The van der Waals surface area contributed by atoms with E-state index in [4.69, 9.17) is 4.74 Å². The van der Waals surface area contributed by atoms with Crippen molar-refractivity contribution in [3.8, 4) is 0 Å². The van der Waals surface area contributed by atoms with Crippen molar-refractivity contribution in [2.45, 2.75) is 63.2 Å². The fourth-order valence-electron chi connectivity index (χ4n) is 1.76. The van der Waals surface area contributed by atoms with Gasteiger partial charge in [0.05, 0.1) is 11.8 Å². The van der Waals surface area contributed by atoms with E-state index in [1.807, 2.05) is 6.92 Å². The summed E-state index contributed by atoms with van der Waals surface area (Å²) in [5.74, 6) is -2.44. The van der Waals surface area contributed by atoms with E-state index in [2.05, 4.69) is 5.32 Å². The third kappa shape index (κ3) is 5.78. The molecule has 2 unspecified atom stereocenters. The van der Waals surface area contributed by atoms with Crippen molar-refractivity contribution in [1.29, 1.82) is 0 Å². The van der Waals surface area contributed by atoms with Crippen molar-refractivity contribution < 1.29 is 23.1 Å². The molecule has 0 aromatic heterocycles. The Morgan fingerprint density at radius 3 is 2.38 bits per heavy atom. The van der Waals surface area contributed by atoms with E-state index in [0.29, 0.717) is 18.9 Å². The Bertz CT molecular complexity index is 595. The maximum Gasteiger partial charge on any atom is 0.319 e. The van der Waals surface area contributed by atoms with Crippen molar-refractivity contribution in [3.63, 3.8) is 0 Å². The van der Waals surface area contributed by atoms with Gasteiger partial charge in [0.1, 0.15) is 16.9 Å². The Balaban J connectivity index is 2.97. The monoisotopic (exact) mass is 359 g/mol. The molecule has 1 rings (SSSR count). The van der Waals surface area contributed by atoms with Gasteiger partial charge in [-0.1, -0.05) is 20.8 Å².